The van der Waals surface area contributed by atoms with E-state index in [4.69, 9.17) is 15.9 Å². The van der Waals surface area contributed by atoms with Crippen molar-refractivity contribution in [1.29, 1.82) is 0 Å². The van der Waals surface area contributed by atoms with Crippen molar-refractivity contribution in [3.63, 3.8) is 0 Å². The number of hydrogen-bond acceptors (Lipinski definition) is 7. The van der Waals surface area contributed by atoms with Gasteiger partial charge in [0, 0.05) is 43.5 Å². The van der Waals surface area contributed by atoms with Crippen LogP contribution in [0.25, 0.3) is 22.3 Å². The molecule has 4 N–H and O–H groups in total. The van der Waals surface area contributed by atoms with Crippen molar-refractivity contribution in [2.75, 3.05) is 44.3 Å². The molecule has 1 aromatic carbocycles. The zero-order valence-electron chi connectivity index (χ0n) is 18.8. The molecule has 0 spiro atoms. The Balaban J connectivity index is 1.40. The fourth-order valence-electron chi connectivity index (χ4n) is 5.14. The summed E-state index contributed by atoms with van der Waals surface area (Å²) in [7, 11) is 2.19. The minimum Gasteiger partial charge on any atom is -0.465 e. The van der Waals surface area contributed by atoms with E-state index in [0.717, 1.165) is 74.2 Å². The van der Waals surface area contributed by atoms with Crippen LogP contribution in [0, 0.1) is 0 Å². The molecule has 1 saturated carbocycles. The normalized spacial score (nSPS) is 22.5. The van der Waals surface area contributed by atoms with Crippen molar-refractivity contribution in [2.45, 2.75) is 37.8 Å². The molecule has 0 bridgehead atoms. The van der Waals surface area contributed by atoms with E-state index in [0.29, 0.717) is 17.5 Å². The van der Waals surface area contributed by atoms with Crippen molar-refractivity contribution in [3.8, 4) is 11.3 Å². The zero-order chi connectivity index (χ0) is 22.9. The molecule has 5 rings (SSSR count). The quantitative estimate of drug-likeness (QED) is 0.554. The Bertz CT molecular complexity index is 1130. The van der Waals surface area contributed by atoms with Crippen LogP contribution in [0.5, 0.6) is 0 Å². The number of benzene rings is 1. The van der Waals surface area contributed by atoms with Gasteiger partial charge in [-0.05, 0) is 44.9 Å². The second kappa shape index (κ2) is 8.95. The SMILES string of the molecule is CN1CCN(C2CCC(n3nc(-c4ccc(NC(=O)O)cc4)c4c(N)ncnc43)CC2)CC1. The van der Waals surface area contributed by atoms with Gasteiger partial charge >= 0.3 is 6.09 Å². The lowest BCUT2D eigenvalue weighted by molar-refractivity contribution is 0.0815. The minimum atomic E-state index is -1.10. The van der Waals surface area contributed by atoms with Crippen molar-refractivity contribution < 1.29 is 9.90 Å². The molecule has 0 unspecified atom stereocenters. The van der Waals surface area contributed by atoms with Gasteiger partial charge in [-0.15, -0.1) is 0 Å². The predicted molar refractivity (Wildman–Crippen MR) is 127 cm³/mol. The zero-order valence-corrected chi connectivity index (χ0v) is 18.8. The van der Waals surface area contributed by atoms with Crippen LogP contribution in [0.2, 0.25) is 0 Å². The molecule has 1 saturated heterocycles. The van der Waals surface area contributed by atoms with Crippen LogP contribution in [-0.2, 0) is 0 Å². The van der Waals surface area contributed by atoms with Gasteiger partial charge in [-0.1, -0.05) is 12.1 Å². The summed E-state index contributed by atoms with van der Waals surface area (Å²) in [4.78, 5) is 24.7. The van der Waals surface area contributed by atoms with Crippen LogP contribution in [0.1, 0.15) is 31.7 Å². The van der Waals surface area contributed by atoms with Gasteiger partial charge in [0.05, 0.1) is 11.4 Å². The van der Waals surface area contributed by atoms with Crippen LogP contribution in [0.15, 0.2) is 30.6 Å². The number of piperazine rings is 1. The van der Waals surface area contributed by atoms with Crippen LogP contribution in [0.4, 0.5) is 16.3 Å². The highest BCUT2D eigenvalue weighted by molar-refractivity contribution is 5.98. The lowest BCUT2D eigenvalue weighted by atomic mass is 9.90. The summed E-state index contributed by atoms with van der Waals surface area (Å²) < 4.78 is 2.03. The van der Waals surface area contributed by atoms with Crippen molar-refractivity contribution in [2.24, 2.45) is 0 Å². The highest BCUT2D eigenvalue weighted by Crippen LogP contribution is 2.37. The Kier molecular flexibility index (Phi) is 5.86. The molecule has 1 aliphatic heterocycles. The van der Waals surface area contributed by atoms with Gasteiger partial charge in [0.1, 0.15) is 17.8 Å². The number of carboxylic acid groups (broad SMARTS) is 1. The third-order valence-electron chi connectivity index (χ3n) is 6.99. The van der Waals surface area contributed by atoms with Gasteiger partial charge in [0.2, 0.25) is 0 Å². The van der Waals surface area contributed by atoms with E-state index in [1.165, 1.54) is 6.33 Å². The molecule has 3 aromatic rings. The monoisotopic (exact) mass is 450 g/mol. The highest BCUT2D eigenvalue weighted by Gasteiger charge is 2.30. The van der Waals surface area contributed by atoms with E-state index < -0.39 is 6.09 Å². The summed E-state index contributed by atoms with van der Waals surface area (Å²) in [5, 5.41) is 17.0. The van der Waals surface area contributed by atoms with Crippen LogP contribution >= 0.6 is 0 Å². The minimum absolute atomic E-state index is 0.271. The lowest BCUT2D eigenvalue weighted by Gasteiger charge is -2.41. The number of nitrogens with zero attached hydrogens (tertiary/aromatic N) is 6. The number of anilines is 2. The molecule has 33 heavy (non-hydrogen) atoms. The number of amides is 1. The molecule has 174 valence electrons. The summed E-state index contributed by atoms with van der Waals surface area (Å²) >= 11 is 0. The van der Waals surface area contributed by atoms with Gasteiger partial charge in [-0.25, -0.2) is 19.4 Å². The first kappa shape index (κ1) is 21.6. The second-order valence-electron chi connectivity index (χ2n) is 9.06. The molecule has 0 atom stereocenters. The van der Waals surface area contributed by atoms with Gasteiger partial charge in [0.15, 0.2) is 5.65 Å². The van der Waals surface area contributed by atoms with E-state index in [1.54, 1.807) is 12.1 Å². The molecule has 0 radical (unpaired) electrons. The number of hydrogen-bond donors (Lipinski definition) is 3. The maximum Gasteiger partial charge on any atom is 0.409 e. The van der Waals surface area contributed by atoms with E-state index in [-0.39, 0.29) is 6.04 Å². The fraction of sp³-hybridized carbons (Fsp3) is 0.478. The highest BCUT2D eigenvalue weighted by atomic mass is 16.4. The third kappa shape index (κ3) is 4.36. The number of nitrogen functional groups attached to an aromatic ring is 1. The first-order valence-electron chi connectivity index (χ1n) is 11.5. The molecule has 2 aliphatic rings. The maximum absolute atomic E-state index is 10.9. The summed E-state index contributed by atoms with van der Waals surface area (Å²) in [5.74, 6) is 0.403. The number of rotatable bonds is 4. The van der Waals surface area contributed by atoms with E-state index in [2.05, 4.69) is 32.1 Å². The van der Waals surface area contributed by atoms with Gasteiger partial charge in [0.25, 0.3) is 0 Å². The number of likely N-dealkylation sites (N-methyl/N-ethyl adjacent to an activating group) is 1. The van der Waals surface area contributed by atoms with Crippen LogP contribution in [0.3, 0.4) is 0 Å². The second-order valence-corrected chi connectivity index (χ2v) is 9.06. The Morgan fingerprint density at radius 2 is 1.70 bits per heavy atom. The fourth-order valence-corrected chi connectivity index (χ4v) is 5.14. The molecule has 10 heteroatoms. The number of nitrogens with one attached hydrogen (secondary N) is 1. The molecule has 1 amide bonds. The Morgan fingerprint density at radius 1 is 1.03 bits per heavy atom. The number of nitrogens with two attached hydrogens (primary N) is 1. The molecular weight excluding hydrogens is 420 g/mol. The summed E-state index contributed by atoms with van der Waals surface area (Å²) in [6.07, 6.45) is 4.82. The maximum atomic E-state index is 10.9. The number of fused-ring (bicyclic) bond motifs is 1. The predicted octanol–water partition coefficient (Wildman–Crippen LogP) is 2.90. The summed E-state index contributed by atoms with van der Waals surface area (Å²) in [5.41, 5.74) is 9.09. The lowest BCUT2D eigenvalue weighted by Crippen LogP contribution is -2.49. The first-order valence-corrected chi connectivity index (χ1v) is 11.5. The Hall–Kier alpha value is -3.24. The van der Waals surface area contributed by atoms with Crippen LogP contribution < -0.4 is 11.1 Å². The van der Waals surface area contributed by atoms with Crippen molar-refractivity contribution in [1.82, 2.24) is 29.5 Å². The van der Waals surface area contributed by atoms with E-state index in [9.17, 15) is 4.79 Å². The van der Waals surface area contributed by atoms with Gasteiger partial charge in [-0.3, -0.25) is 10.2 Å². The summed E-state index contributed by atoms with van der Waals surface area (Å²) in [6, 6.07) is 8.03. The van der Waals surface area contributed by atoms with Crippen LogP contribution in [-0.4, -0.2) is 80.0 Å². The van der Waals surface area contributed by atoms with Crippen molar-refractivity contribution >= 4 is 28.6 Å². The first-order chi connectivity index (χ1) is 16.0. The van der Waals surface area contributed by atoms with E-state index >= 15 is 0 Å². The van der Waals surface area contributed by atoms with Gasteiger partial charge < -0.3 is 15.7 Å². The largest absolute Gasteiger partial charge is 0.465 e. The van der Waals surface area contributed by atoms with Crippen molar-refractivity contribution in [3.05, 3.63) is 30.6 Å². The molecule has 3 heterocycles. The molecule has 10 nitrogen and oxygen atoms in total. The number of carbonyl (C=O) groups is 1. The Labute approximate surface area is 192 Å². The number of aromatic nitrogens is 4. The smallest absolute Gasteiger partial charge is 0.409 e. The molecular formula is C23H30N8O2. The standard InChI is InChI=1S/C23H30N8O2/c1-29-10-12-30(13-11-29)17-6-8-18(9-7-17)31-22-19(21(24)25-14-26-22)20(28-31)15-2-4-16(5-3-15)27-23(32)33/h2-5,14,17-18,27H,6-13H2,1H3,(H,32,33)(H2,24,25,26). The third-order valence-corrected chi connectivity index (χ3v) is 6.99. The average molecular weight is 451 g/mol. The average Bonchev–Trinajstić information content (AvgIpc) is 3.21. The molecule has 2 fully saturated rings. The molecule has 1 aliphatic carbocycles. The molecule has 2 aromatic heterocycles. The van der Waals surface area contributed by atoms with Gasteiger partial charge in [-0.2, -0.15) is 5.10 Å². The Morgan fingerprint density at radius 3 is 2.36 bits per heavy atom. The topological polar surface area (TPSA) is 125 Å². The van der Waals surface area contributed by atoms with E-state index in [1.807, 2.05) is 16.8 Å². The summed E-state index contributed by atoms with van der Waals surface area (Å²) in [6.45, 7) is 4.59.